The number of rotatable bonds is 4. The molecule has 1 unspecified atom stereocenters. The highest BCUT2D eigenvalue weighted by molar-refractivity contribution is 5.30. The Hall–Kier alpha value is -1.89. The first kappa shape index (κ1) is 11.6. The van der Waals surface area contributed by atoms with Crippen LogP contribution >= 0.6 is 0 Å². The van der Waals surface area contributed by atoms with E-state index in [-0.39, 0.29) is 6.04 Å². The molecule has 17 heavy (non-hydrogen) atoms. The zero-order valence-electron chi connectivity index (χ0n) is 9.95. The van der Waals surface area contributed by atoms with Crippen molar-refractivity contribution in [2.45, 2.75) is 26.0 Å². The second kappa shape index (κ2) is 4.54. The fourth-order valence-electron chi connectivity index (χ4n) is 1.66. The molecule has 2 N–H and O–H groups in total. The predicted octanol–water partition coefficient (Wildman–Crippen LogP) is 0.672. The molecular weight excluding hydrogens is 222 g/mol. The lowest BCUT2D eigenvalue weighted by molar-refractivity contribution is 0.190. The molecule has 0 bridgehead atoms. The van der Waals surface area contributed by atoms with Gasteiger partial charge in [0, 0.05) is 6.04 Å². The van der Waals surface area contributed by atoms with E-state index in [1.807, 2.05) is 13.8 Å². The first-order valence-corrected chi connectivity index (χ1v) is 5.29. The number of ether oxygens (including phenoxy) is 1. The first-order valence-electron chi connectivity index (χ1n) is 5.29. The Bertz CT molecular complexity index is 477. The Kier molecular flexibility index (Phi) is 3.10. The van der Waals surface area contributed by atoms with Crippen LogP contribution in [0.2, 0.25) is 0 Å². The van der Waals surface area contributed by atoms with E-state index in [1.54, 1.807) is 10.9 Å². The Morgan fingerprint density at radius 1 is 1.47 bits per heavy atom. The molecule has 0 saturated carbocycles. The van der Waals surface area contributed by atoms with Crippen LogP contribution in [0.1, 0.15) is 37.5 Å². The maximum absolute atomic E-state index is 10.2. The molecule has 92 valence electrons. The first-order chi connectivity index (χ1) is 8.15. The summed E-state index contributed by atoms with van der Waals surface area (Å²) >= 11 is 0. The standard InChI is InChI=1S/C10H15N5O2/c1-6(2)15-8(7(17-3)4-13-15)9(16)10-11-5-12-14-10/h4-6,9,16H,1-3H3,(H,11,12,14). The summed E-state index contributed by atoms with van der Waals surface area (Å²) in [5.41, 5.74) is 0.569. The van der Waals surface area contributed by atoms with Crippen molar-refractivity contribution in [3.63, 3.8) is 0 Å². The van der Waals surface area contributed by atoms with Crippen LogP contribution in [-0.4, -0.2) is 37.2 Å². The van der Waals surface area contributed by atoms with E-state index < -0.39 is 6.10 Å². The molecule has 7 nitrogen and oxygen atoms in total. The van der Waals surface area contributed by atoms with Crippen molar-refractivity contribution in [1.82, 2.24) is 25.0 Å². The highest BCUT2D eigenvalue weighted by atomic mass is 16.5. The topological polar surface area (TPSA) is 88.8 Å². The molecule has 0 saturated heterocycles. The molecule has 1 atom stereocenters. The van der Waals surface area contributed by atoms with Gasteiger partial charge in [-0.1, -0.05) is 0 Å². The Morgan fingerprint density at radius 3 is 2.76 bits per heavy atom. The van der Waals surface area contributed by atoms with Gasteiger partial charge >= 0.3 is 0 Å². The zero-order chi connectivity index (χ0) is 12.4. The van der Waals surface area contributed by atoms with Crippen LogP contribution in [0.15, 0.2) is 12.5 Å². The van der Waals surface area contributed by atoms with Gasteiger partial charge in [0.25, 0.3) is 0 Å². The van der Waals surface area contributed by atoms with Gasteiger partial charge in [-0.05, 0) is 13.8 Å². The molecule has 2 heterocycles. The minimum atomic E-state index is -0.933. The van der Waals surface area contributed by atoms with Gasteiger partial charge in [0.1, 0.15) is 12.0 Å². The summed E-state index contributed by atoms with van der Waals surface area (Å²) in [5.74, 6) is 0.897. The fourth-order valence-corrected chi connectivity index (χ4v) is 1.66. The highest BCUT2D eigenvalue weighted by Crippen LogP contribution is 2.29. The average molecular weight is 237 g/mol. The Labute approximate surface area is 98.4 Å². The van der Waals surface area contributed by atoms with Crippen LogP contribution < -0.4 is 4.74 Å². The molecule has 2 rings (SSSR count). The molecular formula is C10H15N5O2. The van der Waals surface area contributed by atoms with Crippen molar-refractivity contribution in [2.75, 3.05) is 7.11 Å². The second-order valence-corrected chi connectivity index (χ2v) is 3.91. The van der Waals surface area contributed by atoms with Gasteiger partial charge in [-0.25, -0.2) is 4.98 Å². The van der Waals surface area contributed by atoms with Gasteiger partial charge in [0.05, 0.1) is 13.3 Å². The summed E-state index contributed by atoms with van der Waals surface area (Å²) in [7, 11) is 1.54. The molecule has 0 radical (unpaired) electrons. The van der Waals surface area contributed by atoms with Gasteiger partial charge in [-0.2, -0.15) is 10.2 Å². The molecule has 0 aliphatic heterocycles. The molecule has 0 fully saturated rings. The molecule has 2 aromatic heterocycles. The summed E-state index contributed by atoms with van der Waals surface area (Å²) in [6.45, 7) is 3.95. The molecule has 7 heteroatoms. The number of aliphatic hydroxyl groups excluding tert-OH is 1. The summed E-state index contributed by atoms with van der Waals surface area (Å²) in [6, 6.07) is 0.117. The van der Waals surface area contributed by atoms with Gasteiger partial charge < -0.3 is 9.84 Å². The summed E-state index contributed by atoms with van der Waals surface area (Å²) in [4.78, 5) is 3.93. The number of H-pyrrole nitrogens is 1. The molecule has 0 aliphatic carbocycles. The predicted molar refractivity (Wildman–Crippen MR) is 59.6 cm³/mol. The number of aliphatic hydroxyl groups is 1. The Morgan fingerprint density at radius 2 is 2.24 bits per heavy atom. The van der Waals surface area contributed by atoms with Gasteiger partial charge in [0.2, 0.25) is 0 Å². The maximum atomic E-state index is 10.2. The number of aromatic nitrogens is 5. The molecule has 0 amide bonds. The normalized spacial score (nSPS) is 13.0. The van der Waals surface area contributed by atoms with Crippen LogP contribution in [0.25, 0.3) is 0 Å². The number of nitrogens with zero attached hydrogens (tertiary/aromatic N) is 4. The van der Waals surface area contributed by atoms with Crippen molar-refractivity contribution >= 4 is 0 Å². The minimum Gasteiger partial charge on any atom is -0.493 e. The number of nitrogens with one attached hydrogen (secondary N) is 1. The van der Waals surface area contributed by atoms with Crippen LogP contribution in [0.3, 0.4) is 0 Å². The van der Waals surface area contributed by atoms with E-state index in [1.165, 1.54) is 13.4 Å². The second-order valence-electron chi connectivity index (χ2n) is 3.91. The lowest BCUT2D eigenvalue weighted by atomic mass is 10.2. The van der Waals surface area contributed by atoms with Crippen molar-refractivity contribution in [2.24, 2.45) is 0 Å². The third-order valence-electron chi connectivity index (χ3n) is 2.46. The van der Waals surface area contributed by atoms with Gasteiger partial charge in [0.15, 0.2) is 17.7 Å². The molecule has 0 aromatic carbocycles. The molecule has 0 aliphatic rings. The van der Waals surface area contributed by atoms with Crippen LogP contribution in [0.5, 0.6) is 5.75 Å². The van der Waals surface area contributed by atoms with Crippen molar-refractivity contribution < 1.29 is 9.84 Å². The van der Waals surface area contributed by atoms with E-state index in [0.717, 1.165) is 0 Å². The lowest BCUT2D eigenvalue weighted by Gasteiger charge is -2.15. The monoisotopic (exact) mass is 237 g/mol. The maximum Gasteiger partial charge on any atom is 0.163 e. The van der Waals surface area contributed by atoms with Crippen molar-refractivity contribution in [3.8, 4) is 5.75 Å². The molecule has 0 spiro atoms. The highest BCUT2D eigenvalue weighted by Gasteiger charge is 2.24. The smallest absolute Gasteiger partial charge is 0.163 e. The third-order valence-corrected chi connectivity index (χ3v) is 2.46. The average Bonchev–Trinajstić information content (AvgIpc) is 2.96. The SMILES string of the molecule is COc1cnn(C(C)C)c1C(O)c1ncn[nH]1. The van der Waals surface area contributed by atoms with Gasteiger partial charge in [-0.3, -0.25) is 9.78 Å². The number of methoxy groups -OCH3 is 1. The summed E-state index contributed by atoms with van der Waals surface area (Å²) < 4.78 is 6.89. The number of hydrogen-bond donors (Lipinski definition) is 2. The quantitative estimate of drug-likeness (QED) is 0.816. The molecule has 2 aromatic rings. The van der Waals surface area contributed by atoms with Crippen LogP contribution in [-0.2, 0) is 0 Å². The largest absolute Gasteiger partial charge is 0.493 e. The third kappa shape index (κ3) is 2.01. The van der Waals surface area contributed by atoms with E-state index in [4.69, 9.17) is 4.74 Å². The number of aromatic amines is 1. The van der Waals surface area contributed by atoms with E-state index in [9.17, 15) is 5.11 Å². The zero-order valence-corrected chi connectivity index (χ0v) is 9.95. The Balaban J connectivity index is 2.45. The summed E-state index contributed by atoms with van der Waals surface area (Å²) in [6.07, 6.45) is 1.99. The van der Waals surface area contributed by atoms with Gasteiger partial charge in [-0.15, -0.1) is 0 Å². The van der Waals surface area contributed by atoms with E-state index in [0.29, 0.717) is 17.3 Å². The summed E-state index contributed by atoms with van der Waals surface area (Å²) in [5, 5.41) is 20.8. The van der Waals surface area contributed by atoms with Crippen LogP contribution in [0, 0.1) is 0 Å². The minimum absolute atomic E-state index is 0.117. The lowest BCUT2D eigenvalue weighted by Crippen LogP contribution is -2.14. The van der Waals surface area contributed by atoms with E-state index in [2.05, 4.69) is 20.3 Å². The van der Waals surface area contributed by atoms with Crippen molar-refractivity contribution in [1.29, 1.82) is 0 Å². The number of hydrogen-bond acceptors (Lipinski definition) is 5. The van der Waals surface area contributed by atoms with Crippen molar-refractivity contribution in [3.05, 3.63) is 24.0 Å². The van der Waals surface area contributed by atoms with Crippen LogP contribution in [0.4, 0.5) is 0 Å². The van der Waals surface area contributed by atoms with E-state index >= 15 is 0 Å². The fraction of sp³-hybridized carbons (Fsp3) is 0.500.